The average molecular weight is 947 g/mol. The van der Waals surface area contributed by atoms with Crippen molar-refractivity contribution in [1.29, 1.82) is 0 Å². The van der Waals surface area contributed by atoms with Crippen molar-refractivity contribution in [3.63, 3.8) is 0 Å². The first-order valence-corrected chi connectivity index (χ1v) is 23.9. The van der Waals surface area contributed by atoms with Gasteiger partial charge in [-0.2, -0.15) is 0 Å². The molecule has 17 nitrogen and oxygen atoms in total. The number of ether oxygens (including phenoxy) is 1. The zero-order chi connectivity index (χ0) is 48.2. The molecule has 6 heterocycles. The number of amides is 4. The highest BCUT2D eigenvalue weighted by Crippen LogP contribution is 2.35. The number of benzene rings is 2. The van der Waals surface area contributed by atoms with Gasteiger partial charge in [0, 0.05) is 56.7 Å². The summed E-state index contributed by atoms with van der Waals surface area (Å²) in [5.74, 6) is -1.79. The number of aliphatic hydroxyl groups is 1. The summed E-state index contributed by atoms with van der Waals surface area (Å²) in [7, 11) is 0. The molecule has 3 N–H and O–H groups in total. The minimum Gasteiger partial charge on any atom is -0.443 e. The lowest BCUT2D eigenvalue weighted by Gasteiger charge is -2.28. The fraction of sp³-hybridized carbons (Fsp3) is 0.440. The molecule has 6 aromatic rings. The number of thiazole rings is 1. The van der Waals surface area contributed by atoms with Gasteiger partial charge in [0.05, 0.1) is 46.3 Å². The quantitative estimate of drug-likeness (QED) is 0.0876. The third kappa shape index (κ3) is 10.6. The zero-order valence-corrected chi connectivity index (χ0v) is 40.1. The molecule has 2 fully saturated rings. The van der Waals surface area contributed by atoms with Crippen molar-refractivity contribution >= 4 is 35.0 Å². The van der Waals surface area contributed by atoms with Gasteiger partial charge in [-0.1, -0.05) is 86.5 Å². The van der Waals surface area contributed by atoms with E-state index < -0.39 is 36.1 Å². The first kappa shape index (κ1) is 48.0. The van der Waals surface area contributed by atoms with Gasteiger partial charge in [-0.05, 0) is 49.3 Å². The van der Waals surface area contributed by atoms with Gasteiger partial charge in [0.2, 0.25) is 23.6 Å². The Bertz CT molecular complexity index is 2710. The molecule has 8 rings (SSSR count). The van der Waals surface area contributed by atoms with Crippen LogP contribution in [0.3, 0.4) is 0 Å². The van der Waals surface area contributed by atoms with Gasteiger partial charge >= 0.3 is 0 Å². The lowest BCUT2D eigenvalue weighted by Crippen LogP contribution is -2.48. The highest BCUT2D eigenvalue weighted by atomic mass is 32.1. The van der Waals surface area contributed by atoms with Crippen LogP contribution in [-0.2, 0) is 43.6 Å². The standard InChI is InChI=1S/C50H58N8O9S/c1-27(2)43(41-16-29(5)55-66-41)50(63)58-23-38(19-40(58)48(61)52-21-33-10-14-35(15-11-33)46-31(7)54-26-68-46)64-24-36-17-42(67-56-36)44(28(3)4)49(62)57-22-37(59)18-39(57)47(60)51-20-32-8-12-34(13-9-32)45-30(6)53-25-65-45/h8-17,25-28,37-40,43-44,59H,18-24H2,1-7H3,(H,51,60)(H,52,61)/t37-,38-,39+,40+,43-,44-/m1/s1. The van der Waals surface area contributed by atoms with Crippen molar-refractivity contribution < 1.29 is 42.5 Å². The molecule has 0 radical (unpaired) electrons. The third-order valence-electron chi connectivity index (χ3n) is 12.7. The van der Waals surface area contributed by atoms with E-state index >= 15 is 0 Å². The number of likely N-dealkylation sites (tertiary alicyclic amines) is 2. The van der Waals surface area contributed by atoms with E-state index in [0.717, 1.165) is 38.5 Å². The van der Waals surface area contributed by atoms with E-state index in [2.05, 4.69) is 30.9 Å². The molecule has 6 atom stereocenters. The van der Waals surface area contributed by atoms with Gasteiger partial charge in [-0.15, -0.1) is 11.3 Å². The summed E-state index contributed by atoms with van der Waals surface area (Å²) in [6.45, 7) is 13.9. The van der Waals surface area contributed by atoms with Crippen LogP contribution in [0.15, 0.2) is 86.0 Å². The van der Waals surface area contributed by atoms with Crippen LogP contribution in [0.5, 0.6) is 0 Å². The number of hydrogen-bond donors (Lipinski definition) is 3. The Morgan fingerprint density at radius 1 is 0.750 bits per heavy atom. The van der Waals surface area contributed by atoms with E-state index in [0.29, 0.717) is 28.7 Å². The van der Waals surface area contributed by atoms with Crippen LogP contribution in [0.4, 0.5) is 0 Å². The van der Waals surface area contributed by atoms with Crippen molar-refractivity contribution in [1.82, 2.24) is 40.7 Å². The first-order chi connectivity index (χ1) is 32.6. The highest BCUT2D eigenvalue weighted by molar-refractivity contribution is 7.13. The predicted molar refractivity (Wildman–Crippen MR) is 250 cm³/mol. The van der Waals surface area contributed by atoms with Crippen LogP contribution in [-0.4, -0.2) is 96.2 Å². The summed E-state index contributed by atoms with van der Waals surface area (Å²) in [6.07, 6.45) is 0.308. The van der Waals surface area contributed by atoms with Crippen molar-refractivity contribution in [3.8, 4) is 21.8 Å². The Labute approximate surface area is 398 Å². The number of carbonyl (C=O) groups is 4. The van der Waals surface area contributed by atoms with Gasteiger partial charge in [-0.3, -0.25) is 19.2 Å². The fourth-order valence-corrected chi connectivity index (χ4v) is 9.95. The molecule has 358 valence electrons. The molecule has 4 amide bonds. The molecular weight excluding hydrogens is 889 g/mol. The number of aryl methyl sites for hydroxylation is 3. The van der Waals surface area contributed by atoms with Gasteiger partial charge in [0.1, 0.15) is 41.1 Å². The maximum absolute atomic E-state index is 14.4. The van der Waals surface area contributed by atoms with Crippen molar-refractivity contribution in [3.05, 3.63) is 118 Å². The highest BCUT2D eigenvalue weighted by Gasteiger charge is 2.45. The molecule has 2 saturated heterocycles. The van der Waals surface area contributed by atoms with E-state index in [1.165, 1.54) is 11.3 Å². The average Bonchev–Trinajstić information content (AvgIpc) is 4.19. The van der Waals surface area contributed by atoms with E-state index in [-0.39, 0.29) is 81.1 Å². The molecule has 2 aliphatic rings. The van der Waals surface area contributed by atoms with Gasteiger partial charge in [0.25, 0.3) is 0 Å². The molecule has 0 saturated carbocycles. The summed E-state index contributed by atoms with van der Waals surface area (Å²) < 4.78 is 23.2. The molecule has 2 aromatic carbocycles. The number of hydrogen-bond acceptors (Lipinski definition) is 14. The molecule has 0 aliphatic carbocycles. The van der Waals surface area contributed by atoms with Crippen LogP contribution >= 0.6 is 11.3 Å². The smallest absolute Gasteiger partial charge is 0.243 e. The Balaban J connectivity index is 0.915. The fourth-order valence-electron chi connectivity index (χ4n) is 9.14. The Kier molecular flexibility index (Phi) is 14.7. The molecule has 2 aliphatic heterocycles. The van der Waals surface area contributed by atoms with Crippen LogP contribution in [0.25, 0.3) is 21.8 Å². The number of rotatable bonds is 17. The molecule has 0 spiro atoms. The maximum atomic E-state index is 14.4. The Hall–Kier alpha value is -6.50. The molecule has 68 heavy (non-hydrogen) atoms. The van der Waals surface area contributed by atoms with Gasteiger partial charge in [-0.25, -0.2) is 9.97 Å². The van der Waals surface area contributed by atoms with E-state index in [1.54, 1.807) is 35.3 Å². The lowest BCUT2D eigenvalue weighted by atomic mass is 9.91. The largest absolute Gasteiger partial charge is 0.443 e. The zero-order valence-electron chi connectivity index (χ0n) is 39.3. The summed E-state index contributed by atoms with van der Waals surface area (Å²) in [5, 5.41) is 25.0. The Morgan fingerprint density at radius 2 is 1.32 bits per heavy atom. The number of aliphatic hydroxyl groups excluding tert-OH is 1. The van der Waals surface area contributed by atoms with Crippen molar-refractivity contribution in [2.24, 2.45) is 11.8 Å². The number of carbonyl (C=O) groups excluding carboxylic acids is 4. The number of nitrogens with zero attached hydrogens (tertiary/aromatic N) is 6. The summed E-state index contributed by atoms with van der Waals surface area (Å²) in [4.78, 5) is 69.0. The van der Waals surface area contributed by atoms with Crippen LogP contribution in [0, 0.1) is 32.6 Å². The molecule has 0 unspecified atom stereocenters. The van der Waals surface area contributed by atoms with Crippen LogP contribution in [0.2, 0.25) is 0 Å². The maximum Gasteiger partial charge on any atom is 0.243 e. The monoisotopic (exact) mass is 946 g/mol. The minimum atomic E-state index is -0.888. The SMILES string of the molecule is Cc1cc([C@H](C(=O)N2C[C@H](OCc3cc([C@H](C(=O)N4C[C@H](O)C[C@H]4C(=O)NCc4ccc(-c5ocnc5C)cc4)C(C)C)on3)C[C@H]2C(=O)NCc2ccc(-c3scnc3C)cc2)C(C)C)on1. The van der Waals surface area contributed by atoms with E-state index in [9.17, 15) is 24.3 Å². The lowest BCUT2D eigenvalue weighted by molar-refractivity contribution is -0.141. The third-order valence-corrected chi connectivity index (χ3v) is 13.7. The number of aromatic nitrogens is 4. The predicted octanol–water partition coefficient (Wildman–Crippen LogP) is 6.63. The normalized spacial score (nSPS) is 19.2. The van der Waals surface area contributed by atoms with Gasteiger partial charge in [0.15, 0.2) is 12.2 Å². The second kappa shape index (κ2) is 20.8. The van der Waals surface area contributed by atoms with Crippen molar-refractivity contribution in [2.75, 3.05) is 13.1 Å². The summed E-state index contributed by atoms with van der Waals surface area (Å²) >= 11 is 1.58. The molecule has 4 aromatic heterocycles. The number of β-amino-alcohol motifs (C(OH)–C–C–N with tert-alkyl or cyclic N) is 1. The first-order valence-electron chi connectivity index (χ1n) is 23.0. The number of nitrogens with one attached hydrogen (secondary N) is 2. The van der Waals surface area contributed by atoms with Crippen LogP contribution < -0.4 is 10.6 Å². The number of oxazole rings is 1. The minimum absolute atomic E-state index is 0.00562. The topological polar surface area (TPSA) is 219 Å². The summed E-state index contributed by atoms with van der Waals surface area (Å²) in [6, 6.07) is 17.2. The van der Waals surface area contributed by atoms with Crippen LogP contribution in [0.1, 0.15) is 97.8 Å². The summed E-state index contributed by atoms with van der Waals surface area (Å²) in [5.41, 5.74) is 8.30. The Morgan fingerprint density at radius 3 is 1.87 bits per heavy atom. The van der Waals surface area contributed by atoms with Gasteiger partial charge < -0.3 is 43.7 Å². The van der Waals surface area contributed by atoms with E-state index in [4.69, 9.17) is 18.2 Å². The molecular formula is C50H58N8O9S. The second-order valence-electron chi connectivity index (χ2n) is 18.5. The molecule has 0 bridgehead atoms. The second-order valence-corrected chi connectivity index (χ2v) is 19.3. The molecule has 18 heteroatoms. The van der Waals surface area contributed by atoms with Crippen molar-refractivity contribution in [2.45, 2.75) is 117 Å². The van der Waals surface area contributed by atoms with E-state index in [1.807, 2.05) is 95.6 Å².